The van der Waals surface area contributed by atoms with E-state index in [0.717, 1.165) is 0 Å². The van der Waals surface area contributed by atoms with Crippen LogP contribution in [0, 0.1) is 11.3 Å². The van der Waals surface area contributed by atoms with Crippen molar-refractivity contribution in [3.05, 3.63) is 47.1 Å². The first-order valence-corrected chi connectivity index (χ1v) is 4.98. The molecule has 0 fully saturated rings. The van der Waals surface area contributed by atoms with Gasteiger partial charge in [0.05, 0.1) is 35.1 Å². The van der Waals surface area contributed by atoms with Crippen molar-refractivity contribution in [1.29, 1.82) is 5.26 Å². The summed E-state index contributed by atoms with van der Waals surface area (Å²) in [7, 11) is 0. The van der Waals surface area contributed by atoms with Crippen LogP contribution in [0.15, 0.2) is 35.2 Å². The maximum atomic E-state index is 8.76. The van der Waals surface area contributed by atoms with Crippen molar-refractivity contribution in [1.82, 2.24) is 4.98 Å². The molecule has 0 bridgehead atoms. The first kappa shape index (κ1) is 10.5. The Kier molecular flexibility index (Phi) is 3.08. The summed E-state index contributed by atoms with van der Waals surface area (Å²) in [5, 5.41) is 12.4. The first-order valence-electron chi connectivity index (χ1n) is 4.60. The van der Waals surface area contributed by atoms with E-state index in [-0.39, 0.29) is 0 Å². The molecule has 0 radical (unpaired) electrons. The van der Waals surface area contributed by atoms with Crippen LogP contribution in [0.25, 0.3) is 0 Å². The molecule has 1 heterocycles. The summed E-state index contributed by atoms with van der Waals surface area (Å²) in [6.45, 7) is 0.481. The van der Waals surface area contributed by atoms with E-state index in [0.29, 0.717) is 28.6 Å². The lowest BCUT2D eigenvalue weighted by molar-refractivity contribution is 0.512. The second kappa shape index (κ2) is 4.69. The third-order valence-electron chi connectivity index (χ3n) is 2.03. The molecule has 1 aromatic carbocycles. The summed E-state index contributed by atoms with van der Waals surface area (Å²) in [6, 6.07) is 7.10. The van der Waals surface area contributed by atoms with E-state index >= 15 is 0 Å². The average Bonchev–Trinajstić information content (AvgIpc) is 2.81. The van der Waals surface area contributed by atoms with Crippen molar-refractivity contribution in [3.8, 4) is 6.07 Å². The van der Waals surface area contributed by atoms with Crippen molar-refractivity contribution in [2.45, 2.75) is 6.54 Å². The minimum absolute atomic E-state index is 0.481. The molecule has 0 aliphatic rings. The second-order valence-corrected chi connectivity index (χ2v) is 3.53. The Labute approximate surface area is 97.5 Å². The predicted molar refractivity (Wildman–Crippen MR) is 60.0 cm³/mol. The zero-order chi connectivity index (χ0) is 11.4. The third kappa shape index (κ3) is 2.33. The van der Waals surface area contributed by atoms with Crippen LogP contribution < -0.4 is 5.32 Å². The standard InChI is InChI=1S/C11H8ClN3O/c12-10-2-1-8(4-13)3-11(10)15-6-9-5-14-7-16-9/h1-3,5,7,15H,6H2. The summed E-state index contributed by atoms with van der Waals surface area (Å²) in [5.74, 6) is 0.707. The Bertz CT molecular complexity index is 517. The lowest BCUT2D eigenvalue weighted by atomic mass is 10.2. The van der Waals surface area contributed by atoms with Crippen molar-refractivity contribution in [2.24, 2.45) is 0 Å². The fourth-order valence-electron chi connectivity index (χ4n) is 1.24. The normalized spacial score (nSPS) is 9.75. The molecule has 0 aliphatic carbocycles. The highest BCUT2D eigenvalue weighted by Gasteiger charge is 2.02. The van der Waals surface area contributed by atoms with Gasteiger partial charge in [0.1, 0.15) is 5.76 Å². The molecule has 0 saturated heterocycles. The lowest BCUT2D eigenvalue weighted by Crippen LogP contribution is -1.99. The van der Waals surface area contributed by atoms with Crippen molar-refractivity contribution >= 4 is 17.3 Å². The number of rotatable bonds is 3. The number of oxazole rings is 1. The summed E-state index contributed by atoms with van der Waals surface area (Å²) < 4.78 is 5.07. The van der Waals surface area contributed by atoms with Gasteiger partial charge < -0.3 is 9.73 Å². The molecule has 0 saturated carbocycles. The Morgan fingerprint density at radius 3 is 3.06 bits per heavy atom. The maximum absolute atomic E-state index is 8.76. The number of halogens is 1. The van der Waals surface area contributed by atoms with Crippen molar-refractivity contribution in [2.75, 3.05) is 5.32 Å². The molecule has 5 heteroatoms. The zero-order valence-electron chi connectivity index (χ0n) is 8.27. The van der Waals surface area contributed by atoms with Gasteiger partial charge in [-0.1, -0.05) is 11.6 Å². The summed E-state index contributed by atoms with van der Waals surface area (Å²) >= 11 is 5.98. The Morgan fingerprint density at radius 1 is 1.50 bits per heavy atom. The first-order chi connectivity index (χ1) is 7.79. The van der Waals surface area contributed by atoms with Gasteiger partial charge in [-0.25, -0.2) is 4.98 Å². The van der Waals surface area contributed by atoms with Gasteiger partial charge in [-0.2, -0.15) is 5.26 Å². The van der Waals surface area contributed by atoms with Gasteiger partial charge in [-0.15, -0.1) is 0 Å². The van der Waals surface area contributed by atoms with E-state index < -0.39 is 0 Å². The number of nitrogens with one attached hydrogen (secondary N) is 1. The minimum Gasteiger partial charge on any atom is -0.447 e. The molecular weight excluding hydrogens is 226 g/mol. The Balaban J connectivity index is 2.12. The molecule has 1 aromatic heterocycles. The van der Waals surface area contributed by atoms with Crippen LogP contribution in [0.1, 0.15) is 11.3 Å². The molecule has 1 N–H and O–H groups in total. The highest BCUT2D eigenvalue weighted by atomic mass is 35.5. The number of hydrogen-bond acceptors (Lipinski definition) is 4. The molecule has 0 aliphatic heterocycles. The average molecular weight is 234 g/mol. The quantitative estimate of drug-likeness (QED) is 0.886. The lowest BCUT2D eigenvalue weighted by Gasteiger charge is -2.06. The number of nitrogens with zero attached hydrogens (tertiary/aromatic N) is 2. The van der Waals surface area contributed by atoms with Gasteiger partial charge in [0.2, 0.25) is 0 Å². The summed E-state index contributed by atoms with van der Waals surface area (Å²) in [5.41, 5.74) is 1.27. The van der Waals surface area contributed by atoms with Crippen LogP contribution in [0.3, 0.4) is 0 Å². The van der Waals surface area contributed by atoms with E-state index in [4.69, 9.17) is 21.3 Å². The Hall–Kier alpha value is -1.99. The number of benzene rings is 1. The highest BCUT2D eigenvalue weighted by Crippen LogP contribution is 2.23. The van der Waals surface area contributed by atoms with Crippen LogP contribution in [0.5, 0.6) is 0 Å². The largest absolute Gasteiger partial charge is 0.447 e. The second-order valence-electron chi connectivity index (χ2n) is 3.13. The van der Waals surface area contributed by atoms with Crippen molar-refractivity contribution < 1.29 is 4.42 Å². The minimum atomic E-state index is 0.481. The molecule has 0 spiro atoms. The topological polar surface area (TPSA) is 61.9 Å². The van der Waals surface area contributed by atoms with Gasteiger partial charge in [-0.05, 0) is 18.2 Å². The van der Waals surface area contributed by atoms with E-state index in [1.54, 1.807) is 24.4 Å². The maximum Gasteiger partial charge on any atom is 0.180 e. The number of nitriles is 1. The molecule has 16 heavy (non-hydrogen) atoms. The molecule has 0 unspecified atom stereocenters. The van der Waals surface area contributed by atoms with Gasteiger partial charge >= 0.3 is 0 Å². The predicted octanol–water partition coefficient (Wildman–Crippen LogP) is 2.81. The molecular formula is C11H8ClN3O. The zero-order valence-corrected chi connectivity index (χ0v) is 9.03. The summed E-state index contributed by atoms with van der Waals surface area (Å²) in [4.78, 5) is 3.80. The van der Waals surface area contributed by atoms with Crippen molar-refractivity contribution in [3.63, 3.8) is 0 Å². The molecule has 2 aromatic rings. The van der Waals surface area contributed by atoms with Gasteiger partial charge in [0, 0.05) is 0 Å². The van der Waals surface area contributed by atoms with Crippen LogP contribution in [0.4, 0.5) is 5.69 Å². The smallest absolute Gasteiger partial charge is 0.180 e. The van der Waals surface area contributed by atoms with Gasteiger partial charge in [-0.3, -0.25) is 0 Å². The fourth-order valence-corrected chi connectivity index (χ4v) is 1.43. The summed E-state index contributed by atoms with van der Waals surface area (Å²) in [6.07, 6.45) is 2.99. The third-order valence-corrected chi connectivity index (χ3v) is 2.36. The van der Waals surface area contributed by atoms with Crippen LogP contribution in [-0.4, -0.2) is 4.98 Å². The van der Waals surface area contributed by atoms with Crippen LogP contribution in [-0.2, 0) is 6.54 Å². The van der Waals surface area contributed by atoms with Crippen LogP contribution in [0.2, 0.25) is 5.02 Å². The molecule has 4 nitrogen and oxygen atoms in total. The van der Waals surface area contributed by atoms with E-state index in [1.165, 1.54) is 6.39 Å². The molecule has 80 valence electrons. The fraction of sp³-hybridized carbons (Fsp3) is 0.0909. The molecule has 2 rings (SSSR count). The Morgan fingerprint density at radius 2 is 2.38 bits per heavy atom. The molecule has 0 atom stereocenters. The number of anilines is 1. The van der Waals surface area contributed by atoms with Gasteiger partial charge in [0.25, 0.3) is 0 Å². The van der Waals surface area contributed by atoms with E-state index in [1.807, 2.05) is 0 Å². The number of aromatic nitrogens is 1. The SMILES string of the molecule is N#Cc1ccc(Cl)c(NCc2cnco2)c1. The van der Waals surface area contributed by atoms with E-state index in [9.17, 15) is 0 Å². The highest BCUT2D eigenvalue weighted by molar-refractivity contribution is 6.33. The monoisotopic (exact) mass is 233 g/mol. The van der Waals surface area contributed by atoms with E-state index in [2.05, 4.69) is 16.4 Å². The number of hydrogen-bond donors (Lipinski definition) is 1. The van der Waals surface area contributed by atoms with Crippen LogP contribution >= 0.6 is 11.6 Å². The van der Waals surface area contributed by atoms with Gasteiger partial charge in [0.15, 0.2) is 6.39 Å². The molecule has 0 amide bonds.